The van der Waals surface area contributed by atoms with E-state index < -0.39 is 18.1 Å². The smallest absolute Gasteiger partial charge is 0.395 e. The van der Waals surface area contributed by atoms with Crippen LogP contribution in [0.3, 0.4) is 0 Å². The maximum Gasteiger partial charge on any atom is 0.395 e. The third kappa shape index (κ3) is 3.19. The predicted octanol–water partition coefficient (Wildman–Crippen LogP) is 5.82. The average Bonchev–Trinajstić information content (AvgIpc) is 3.07. The number of rotatable bonds is 3. The summed E-state index contributed by atoms with van der Waals surface area (Å²) < 4.78 is 42.7. The number of carbonyl (C=O) groups is 1. The first-order valence-electron chi connectivity index (χ1n) is 9.06. The van der Waals surface area contributed by atoms with Gasteiger partial charge in [-0.15, -0.1) is 0 Å². The van der Waals surface area contributed by atoms with Gasteiger partial charge < -0.3 is 9.67 Å². The van der Waals surface area contributed by atoms with E-state index in [1.165, 1.54) is 12.1 Å². The molecule has 1 atom stereocenters. The number of hydrogen-bond donors (Lipinski definition) is 1. The van der Waals surface area contributed by atoms with Gasteiger partial charge in [-0.3, -0.25) is 0 Å². The maximum atomic E-state index is 13.6. The van der Waals surface area contributed by atoms with E-state index in [2.05, 4.69) is 0 Å². The Labute approximate surface area is 160 Å². The molecule has 6 heteroatoms. The van der Waals surface area contributed by atoms with Crippen LogP contribution in [0.2, 0.25) is 0 Å². The highest BCUT2D eigenvalue weighted by Gasteiger charge is 2.44. The van der Waals surface area contributed by atoms with Crippen LogP contribution in [0, 0.1) is 0 Å². The average molecular weight is 385 g/mol. The quantitative estimate of drug-likeness (QED) is 0.617. The number of carboxylic acid groups (broad SMARTS) is 1. The van der Waals surface area contributed by atoms with Crippen molar-refractivity contribution in [3.63, 3.8) is 0 Å². The van der Waals surface area contributed by atoms with Gasteiger partial charge in [-0.25, -0.2) is 4.79 Å². The summed E-state index contributed by atoms with van der Waals surface area (Å²) in [5.74, 6) is -2.57. The maximum absolute atomic E-state index is 13.6. The highest BCUT2D eigenvalue weighted by atomic mass is 19.4. The van der Waals surface area contributed by atoms with Gasteiger partial charge in [0.15, 0.2) is 0 Å². The Morgan fingerprint density at radius 2 is 1.79 bits per heavy atom. The molecule has 144 valence electrons. The molecular weight excluding hydrogens is 367 g/mol. The van der Waals surface area contributed by atoms with Crippen molar-refractivity contribution in [1.29, 1.82) is 0 Å². The van der Waals surface area contributed by atoms with Crippen LogP contribution in [0.1, 0.15) is 40.4 Å². The van der Waals surface area contributed by atoms with Crippen LogP contribution in [-0.2, 0) is 6.42 Å². The van der Waals surface area contributed by atoms with Crippen molar-refractivity contribution in [3.8, 4) is 16.9 Å². The first-order valence-corrected chi connectivity index (χ1v) is 9.06. The lowest BCUT2D eigenvalue weighted by molar-refractivity contribution is -0.153. The zero-order valence-corrected chi connectivity index (χ0v) is 14.9. The topological polar surface area (TPSA) is 42.2 Å². The first-order chi connectivity index (χ1) is 13.4. The van der Waals surface area contributed by atoms with Crippen molar-refractivity contribution in [2.75, 3.05) is 0 Å². The molecule has 2 aromatic carbocycles. The van der Waals surface area contributed by atoms with Gasteiger partial charge in [-0.1, -0.05) is 36.4 Å². The minimum Gasteiger partial charge on any atom is -0.478 e. The molecule has 0 saturated carbocycles. The summed E-state index contributed by atoms with van der Waals surface area (Å²) in [6.45, 7) is 0. The number of aromatic carboxylic acids is 1. The molecule has 0 saturated heterocycles. The number of carboxylic acids is 1. The van der Waals surface area contributed by atoms with Crippen LogP contribution in [0.5, 0.6) is 0 Å². The lowest BCUT2D eigenvalue weighted by Gasteiger charge is -2.26. The Morgan fingerprint density at radius 3 is 2.46 bits per heavy atom. The van der Waals surface area contributed by atoms with Gasteiger partial charge >= 0.3 is 12.1 Å². The van der Waals surface area contributed by atoms with Crippen LogP contribution in [0.4, 0.5) is 13.2 Å². The SMILES string of the molecule is O=C(O)c1cccc(-n2c(-c3ccccc3)cc3c2CCCC3C(F)(F)F)c1. The molecule has 0 amide bonds. The Bertz CT molecular complexity index is 1020. The van der Waals surface area contributed by atoms with E-state index in [-0.39, 0.29) is 12.0 Å². The van der Waals surface area contributed by atoms with Crippen molar-refractivity contribution in [1.82, 2.24) is 4.57 Å². The summed E-state index contributed by atoms with van der Waals surface area (Å²) in [6, 6.07) is 17.2. The minimum atomic E-state index is -4.31. The number of hydrogen-bond acceptors (Lipinski definition) is 1. The van der Waals surface area contributed by atoms with Gasteiger partial charge in [0.2, 0.25) is 0 Å². The highest BCUT2D eigenvalue weighted by molar-refractivity contribution is 5.88. The second kappa shape index (κ2) is 6.86. The molecule has 0 spiro atoms. The molecule has 3 aromatic rings. The van der Waals surface area contributed by atoms with E-state index >= 15 is 0 Å². The van der Waals surface area contributed by atoms with E-state index in [4.69, 9.17) is 0 Å². The Kier molecular flexibility index (Phi) is 4.49. The van der Waals surface area contributed by atoms with Gasteiger partial charge in [-0.05, 0) is 54.7 Å². The van der Waals surface area contributed by atoms with Crippen molar-refractivity contribution in [3.05, 3.63) is 77.5 Å². The van der Waals surface area contributed by atoms with Crippen LogP contribution in [-0.4, -0.2) is 21.8 Å². The Morgan fingerprint density at radius 1 is 1.04 bits per heavy atom. The number of aromatic nitrogens is 1. The van der Waals surface area contributed by atoms with Crippen molar-refractivity contribution in [2.45, 2.75) is 31.4 Å². The summed E-state index contributed by atoms with van der Waals surface area (Å²) in [6.07, 6.45) is -3.28. The summed E-state index contributed by atoms with van der Waals surface area (Å²) in [5, 5.41) is 9.32. The van der Waals surface area contributed by atoms with Gasteiger partial charge in [0, 0.05) is 11.4 Å². The second-order valence-corrected chi connectivity index (χ2v) is 6.97. The van der Waals surface area contributed by atoms with Crippen molar-refractivity contribution in [2.24, 2.45) is 0 Å². The van der Waals surface area contributed by atoms with Crippen LogP contribution >= 0.6 is 0 Å². The van der Waals surface area contributed by atoms with E-state index in [0.29, 0.717) is 35.5 Å². The van der Waals surface area contributed by atoms with E-state index in [9.17, 15) is 23.1 Å². The largest absolute Gasteiger partial charge is 0.478 e. The number of alkyl halides is 3. The summed E-state index contributed by atoms with van der Waals surface area (Å²) in [5.41, 5.74) is 2.99. The van der Waals surface area contributed by atoms with Crippen LogP contribution in [0.25, 0.3) is 16.9 Å². The molecule has 4 rings (SSSR count). The molecular formula is C22H18F3NO2. The molecule has 1 heterocycles. The molecule has 28 heavy (non-hydrogen) atoms. The molecule has 0 aliphatic heterocycles. The van der Waals surface area contributed by atoms with Gasteiger partial charge in [0.05, 0.1) is 17.2 Å². The predicted molar refractivity (Wildman–Crippen MR) is 99.9 cm³/mol. The van der Waals surface area contributed by atoms with E-state index in [0.717, 1.165) is 5.56 Å². The van der Waals surface area contributed by atoms with Gasteiger partial charge in [-0.2, -0.15) is 13.2 Å². The summed E-state index contributed by atoms with van der Waals surface area (Å²) in [4.78, 5) is 11.4. The first kappa shape index (κ1) is 18.3. The zero-order valence-electron chi connectivity index (χ0n) is 14.9. The third-order valence-electron chi connectivity index (χ3n) is 5.23. The monoisotopic (exact) mass is 385 g/mol. The highest BCUT2D eigenvalue weighted by Crippen LogP contribution is 2.46. The zero-order chi connectivity index (χ0) is 19.9. The molecule has 1 aliphatic rings. The molecule has 1 N–H and O–H groups in total. The van der Waals surface area contributed by atoms with Crippen molar-refractivity contribution >= 4 is 5.97 Å². The Hall–Kier alpha value is -3.02. The molecule has 1 unspecified atom stereocenters. The van der Waals surface area contributed by atoms with Gasteiger partial charge in [0.25, 0.3) is 0 Å². The Balaban J connectivity index is 1.98. The third-order valence-corrected chi connectivity index (χ3v) is 5.23. The number of nitrogens with zero attached hydrogens (tertiary/aromatic N) is 1. The lowest BCUT2D eigenvalue weighted by Crippen LogP contribution is -2.25. The van der Waals surface area contributed by atoms with Gasteiger partial charge in [0.1, 0.15) is 0 Å². The number of benzene rings is 2. The standard InChI is InChI=1S/C22H18F3NO2/c23-22(24,25)18-10-5-11-19-17(18)13-20(14-6-2-1-3-7-14)26(19)16-9-4-8-15(12-16)21(27)28/h1-4,6-9,12-13,18H,5,10-11H2,(H,27,28). The molecule has 0 bridgehead atoms. The normalized spacial score (nSPS) is 16.6. The molecule has 3 nitrogen and oxygen atoms in total. The minimum absolute atomic E-state index is 0.0733. The fraction of sp³-hybridized carbons (Fsp3) is 0.227. The molecule has 0 fully saturated rings. The molecule has 1 aliphatic carbocycles. The molecule has 1 aromatic heterocycles. The van der Waals surface area contributed by atoms with Crippen molar-refractivity contribution < 1.29 is 23.1 Å². The number of fused-ring (bicyclic) bond motifs is 1. The van der Waals surface area contributed by atoms with E-state index in [1.54, 1.807) is 22.8 Å². The summed E-state index contributed by atoms with van der Waals surface area (Å²) in [7, 11) is 0. The lowest BCUT2D eigenvalue weighted by atomic mass is 9.86. The second-order valence-electron chi connectivity index (χ2n) is 6.97. The molecule has 0 radical (unpaired) electrons. The van der Waals surface area contributed by atoms with Crippen LogP contribution < -0.4 is 0 Å². The fourth-order valence-electron chi connectivity index (χ4n) is 3.99. The fourth-order valence-corrected chi connectivity index (χ4v) is 3.99. The number of halogens is 3. The van der Waals surface area contributed by atoms with E-state index in [1.807, 2.05) is 30.3 Å². The van der Waals surface area contributed by atoms with Crippen LogP contribution in [0.15, 0.2) is 60.7 Å². The summed E-state index contributed by atoms with van der Waals surface area (Å²) >= 11 is 0.